The van der Waals surface area contributed by atoms with E-state index in [0.29, 0.717) is 17.1 Å². The van der Waals surface area contributed by atoms with Gasteiger partial charge in [-0.3, -0.25) is 0 Å². The lowest BCUT2D eigenvalue weighted by atomic mass is 10.1. The largest absolute Gasteiger partial charge is 0.457 e. The van der Waals surface area contributed by atoms with Gasteiger partial charge in [0, 0.05) is 11.6 Å². The Labute approximate surface area is 113 Å². The van der Waals surface area contributed by atoms with Crippen LogP contribution in [0.25, 0.3) is 0 Å². The molecule has 0 fully saturated rings. The molecule has 100 valence electrons. The average molecular weight is 259 g/mol. The molecule has 2 aromatic carbocycles. The highest BCUT2D eigenvalue weighted by Gasteiger charge is 2.14. The molecule has 2 rings (SSSR count). The highest BCUT2D eigenvalue weighted by atomic mass is 19.1. The standard InChI is InChI=1S/C16H18FNO/c1-10-7-8-13(9-11(10)2)19-15-6-4-5-14(17)16(15)12(3)18/h4-9,12H,18H2,1-3H3/t12-/m0/s1. The van der Waals surface area contributed by atoms with Crippen molar-refractivity contribution in [1.82, 2.24) is 0 Å². The summed E-state index contributed by atoms with van der Waals surface area (Å²) in [5.74, 6) is 0.824. The molecule has 0 bridgehead atoms. The van der Waals surface area contributed by atoms with E-state index in [-0.39, 0.29) is 5.82 Å². The fourth-order valence-corrected chi connectivity index (χ4v) is 1.95. The predicted molar refractivity (Wildman–Crippen MR) is 75.0 cm³/mol. The third-order valence-electron chi connectivity index (χ3n) is 3.17. The first-order valence-electron chi connectivity index (χ1n) is 6.28. The van der Waals surface area contributed by atoms with Crippen LogP contribution in [-0.4, -0.2) is 0 Å². The van der Waals surface area contributed by atoms with Gasteiger partial charge in [0.15, 0.2) is 0 Å². The maximum absolute atomic E-state index is 13.8. The lowest BCUT2D eigenvalue weighted by Gasteiger charge is -2.15. The first-order valence-corrected chi connectivity index (χ1v) is 6.28. The number of ether oxygens (including phenoxy) is 1. The minimum Gasteiger partial charge on any atom is -0.457 e. The Morgan fingerprint density at radius 2 is 1.84 bits per heavy atom. The Morgan fingerprint density at radius 3 is 2.47 bits per heavy atom. The molecule has 1 atom stereocenters. The number of aryl methyl sites for hydroxylation is 2. The SMILES string of the molecule is Cc1ccc(Oc2cccc(F)c2[C@H](C)N)cc1C. The number of hydrogen-bond donors (Lipinski definition) is 1. The van der Waals surface area contributed by atoms with Crippen LogP contribution in [0.2, 0.25) is 0 Å². The van der Waals surface area contributed by atoms with Crippen LogP contribution in [0.1, 0.15) is 29.7 Å². The van der Waals surface area contributed by atoms with Crippen LogP contribution >= 0.6 is 0 Å². The van der Waals surface area contributed by atoms with Crippen LogP contribution in [0.3, 0.4) is 0 Å². The number of rotatable bonds is 3. The molecule has 0 aliphatic carbocycles. The lowest BCUT2D eigenvalue weighted by Crippen LogP contribution is -2.09. The Kier molecular flexibility index (Phi) is 3.86. The van der Waals surface area contributed by atoms with Gasteiger partial charge in [-0.2, -0.15) is 0 Å². The van der Waals surface area contributed by atoms with E-state index in [2.05, 4.69) is 0 Å². The zero-order valence-electron chi connectivity index (χ0n) is 11.4. The Balaban J connectivity index is 2.38. The number of benzene rings is 2. The monoisotopic (exact) mass is 259 g/mol. The molecule has 2 nitrogen and oxygen atoms in total. The van der Waals surface area contributed by atoms with E-state index in [4.69, 9.17) is 10.5 Å². The summed E-state index contributed by atoms with van der Waals surface area (Å²) in [5, 5.41) is 0. The molecule has 0 aromatic heterocycles. The van der Waals surface area contributed by atoms with Crippen LogP contribution in [0.5, 0.6) is 11.5 Å². The zero-order chi connectivity index (χ0) is 14.0. The van der Waals surface area contributed by atoms with E-state index in [1.807, 2.05) is 32.0 Å². The second kappa shape index (κ2) is 5.41. The van der Waals surface area contributed by atoms with Gasteiger partial charge in [-0.1, -0.05) is 12.1 Å². The van der Waals surface area contributed by atoms with Crippen molar-refractivity contribution in [2.24, 2.45) is 5.73 Å². The summed E-state index contributed by atoms with van der Waals surface area (Å²) < 4.78 is 19.6. The number of halogens is 1. The fraction of sp³-hybridized carbons (Fsp3) is 0.250. The number of hydrogen-bond acceptors (Lipinski definition) is 2. The molecular formula is C16H18FNO. The van der Waals surface area contributed by atoms with Crippen molar-refractivity contribution >= 4 is 0 Å². The zero-order valence-corrected chi connectivity index (χ0v) is 11.4. The molecule has 0 saturated heterocycles. The molecule has 0 spiro atoms. The van der Waals surface area contributed by atoms with E-state index in [1.165, 1.54) is 11.6 Å². The number of nitrogens with two attached hydrogens (primary N) is 1. The van der Waals surface area contributed by atoms with Crippen LogP contribution in [0.4, 0.5) is 4.39 Å². The molecule has 3 heteroatoms. The van der Waals surface area contributed by atoms with Gasteiger partial charge in [0.2, 0.25) is 0 Å². The molecule has 19 heavy (non-hydrogen) atoms. The molecule has 0 unspecified atom stereocenters. The quantitative estimate of drug-likeness (QED) is 0.894. The summed E-state index contributed by atoms with van der Waals surface area (Å²) >= 11 is 0. The first-order chi connectivity index (χ1) is 8.99. The Morgan fingerprint density at radius 1 is 1.11 bits per heavy atom. The summed E-state index contributed by atoms with van der Waals surface area (Å²) in [6.07, 6.45) is 0. The summed E-state index contributed by atoms with van der Waals surface area (Å²) in [4.78, 5) is 0. The van der Waals surface area contributed by atoms with E-state index in [0.717, 1.165) is 5.56 Å². The smallest absolute Gasteiger partial charge is 0.135 e. The van der Waals surface area contributed by atoms with Crippen molar-refractivity contribution in [3.05, 3.63) is 58.9 Å². The Bertz CT molecular complexity index is 593. The summed E-state index contributed by atoms with van der Waals surface area (Å²) in [6, 6.07) is 10.1. The topological polar surface area (TPSA) is 35.2 Å². The van der Waals surface area contributed by atoms with Gasteiger partial charge in [0.25, 0.3) is 0 Å². The van der Waals surface area contributed by atoms with E-state index in [9.17, 15) is 4.39 Å². The van der Waals surface area contributed by atoms with Crippen molar-refractivity contribution in [2.45, 2.75) is 26.8 Å². The second-order valence-corrected chi connectivity index (χ2v) is 4.79. The minimum absolute atomic E-state index is 0.337. The highest BCUT2D eigenvalue weighted by molar-refractivity contribution is 5.42. The van der Waals surface area contributed by atoms with E-state index in [1.54, 1.807) is 19.1 Å². The van der Waals surface area contributed by atoms with Gasteiger partial charge >= 0.3 is 0 Å². The lowest BCUT2D eigenvalue weighted by molar-refractivity contribution is 0.460. The second-order valence-electron chi connectivity index (χ2n) is 4.79. The maximum atomic E-state index is 13.8. The first kappa shape index (κ1) is 13.6. The predicted octanol–water partition coefficient (Wildman–Crippen LogP) is 4.25. The van der Waals surface area contributed by atoms with E-state index >= 15 is 0 Å². The molecule has 2 N–H and O–H groups in total. The van der Waals surface area contributed by atoms with Gasteiger partial charge < -0.3 is 10.5 Å². The highest BCUT2D eigenvalue weighted by Crippen LogP contribution is 2.31. The van der Waals surface area contributed by atoms with E-state index < -0.39 is 6.04 Å². The minimum atomic E-state index is -0.414. The molecule has 0 aliphatic heterocycles. The van der Waals surface area contributed by atoms with Gasteiger partial charge in [-0.25, -0.2) is 4.39 Å². The fourth-order valence-electron chi connectivity index (χ4n) is 1.95. The van der Waals surface area contributed by atoms with Gasteiger partial charge in [0.1, 0.15) is 17.3 Å². The van der Waals surface area contributed by atoms with Crippen molar-refractivity contribution in [1.29, 1.82) is 0 Å². The van der Waals surface area contributed by atoms with Crippen LogP contribution in [0.15, 0.2) is 36.4 Å². The third kappa shape index (κ3) is 2.93. The molecule has 2 aromatic rings. The summed E-state index contributed by atoms with van der Waals surface area (Å²) in [5.41, 5.74) is 8.54. The normalized spacial score (nSPS) is 12.3. The third-order valence-corrected chi connectivity index (χ3v) is 3.17. The molecule has 0 saturated carbocycles. The molecule has 0 heterocycles. The van der Waals surface area contributed by atoms with Gasteiger partial charge in [-0.05, 0) is 56.2 Å². The van der Waals surface area contributed by atoms with Crippen molar-refractivity contribution in [3.8, 4) is 11.5 Å². The van der Waals surface area contributed by atoms with Gasteiger partial charge in [-0.15, -0.1) is 0 Å². The molecule has 0 aliphatic rings. The molecule has 0 amide bonds. The maximum Gasteiger partial charge on any atom is 0.135 e. The van der Waals surface area contributed by atoms with Gasteiger partial charge in [0.05, 0.1) is 0 Å². The molecule has 0 radical (unpaired) electrons. The summed E-state index contributed by atoms with van der Waals surface area (Å²) in [6.45, 7) is 5.79. The van der Waals surface area contributed by atoms with Crippen molar-refractivity contribution in [2.75, 3.05) is 0 Å². The van der Waals surface area contributed by atoms with Crippen LogP contribution in [-0.2, 0) is 0 Å². The Hall–Kier alpha value is -1.87. The molecular weight excluding hydrogens is 241 g/mol. The average Bonchev–Trinajstić information content (AvgIpc) is 2.33. The van der Waals surface area contributed by atoms with Crippen LogP contribution < -0.4 is 10.5 Å². The summed E-state index contributed by atoms with van der Waals surface area (Å²) in [7, 11) is 0. The van der Waals surface area contributed by atoms with Crippen molar-refractivity contribution < 1.29 is 9.13 Å². The van der Waals surface area contributed by atoms with Crippen LogP contribution in [0, 0.1) is 19.7 Å². The van der Waals surface area contributed by atoms with Crippen molar-refractivity contribution in [3.63, 3.8) is 0 Å².